The molecule has 1 saturated carbocycles. The Morgan fingerprint density at radius 2 is 1.86 bits per heavy atom. The second-order valence-electron chi connectivity index (χ2n) is 6.20. The number of fused-ring (bicyclic) bond motifs is 1. The third kappa shape index (κ3) is 3.15. The van der Waals surface area contributed by atoms with Crippen LogP contribution in [0.1, 0.15) is 38.7 Å². The molecule has 112 valence electrons. The van der Waals surface area contributed by atoms with Crippen LogP contribution in [0.25, 0.3) is 0 Å². The molecule has 0 aromatic heterocycles. The number of ether oxygens (including phenoxy) is 2. The van der Waals surface area contributed by atoms with Crippen LogP contribution in [-0.4, -0.2) is 28.2 Å². The highest BCUT2D eigenvalue weighted by Gasteiger charge is 2.44. The molecule has 2 aliphatic rings. The van der Waals surface area contributed by atoms with Crippen molar-refractivity contribution in [1.29, 1.82) is 0 Å². The van der Waals surface area contributed by atoms with Gasteiger partial charge in [-0.15, -0.1) is 0 Å². The smallest absolute Gasteiger partial charge is 0.163 e. The van der Waals surface area contributed by atoms with Gasteiger partial charge in [0.05, 0.1) is 12.2 Å². The van der Waals surface area contributed by atoms with E-state index in [2.05, 4.69) is 11.8 Å². The number of benzene rings is 1. The molecule has 21 heavy (non-hydrogen) atoms. The van der Waals surface area contributed by atoms with Crippen LogP contribution in [0.4, 0.5) is 0 Å². The summed E-state index contributed by atoms with van der Waals surface area (Å²) in [5, 5.41) is 18.7. The van der Waals surface area contributed by atoms with Crippen LogP contribution >= 0.6 is 0 Å². The molecule has 2 N–H and O–H groups in total. The van der Waals surface area contributed by atoms with Gasteiger partial charge in [0.2, 0.25) is 0 Å². The van der Waals surface area contributed by atoms with Crippen molar-refractivity contribution in [2.75, 3.05) is 0 Å². The normalized spacial score (nSPS) is 30.3. The lowest BCUT2D eigenvalue weighted by atomic mass is 9.86. The summed E-state index contributed by atoms with van der Waals surface area (Å²) in [5.74, 6) is 5.84. The number of hydrogen-bond donors (Lipinski definition) is 2. The fourth-order valence-electron chi connectivity index (χ4n) is 3.03. The minimum atomic E-state index is -0.486. The zero-order valence-electron chi connectivity index (χ0n) is 12.3. The van der Waals surface area contributed by atoms with Gasteiger partial charge in [0.15, 0.2) is 17.3 Å². The lowest BCUT2D eigenvalue weighted by Crippen LogP contribution is -2.30. The van der Waals surface area contributed by atoms with E-state index in [1.807, 2.05) is 13.8 Å². The van der Waals surface area contributed by atoms with Gasteiger partial charge in [-0.1, -0.05) is 11.8 Å². The molecule has 3 rings (SSSR count). The molecule has 1 aromatic rings. The maximum Gasteiger partial charge on any atom is 0.163 e. The van der Waals surface area contributed by atoms with E-state index in [0.29, 0.717) is 5.56 Å². The Bertz CT molecular complexity index is 597. The average molecular weight is 288 g/mol. The summed E-state index contributed by atoms with van der Waals surface area (Å²) in [7, 11) is 0. The summed E-state index contributed by atoms with van der Waals surface area (Å²) >= 11 is 0. The van der Waals surface area contributed by atoms with Gasteiger partial charge in [-0.3, -0.25) is 0 Å². The van der Waals surface area contributed by atoms with Crippen LogP contribution < -0.4 is 0 Å². The third-order valence-electron chi connectivity index (χ3n) is 4.00. The third-order valence-corrected chi connectivity index (χ3v) is 4.00. The van der Waals surface area contributed by atoms with E-state index in [0.717, 1.165) is 19.3 Å². The molecule has 1 aliphatic heterocycles. The van der Waals surface area contributed by atoms with Gasteiger partial charge in [-0.25, -0.2) is 0 Å². The monoisotopic (exact) mass is 288 g/mol. The number of phenolic OH excluding ortho intramolecular Hbond substituents is 2. The SMILES string of the molecule is CC1(C)O[C@H]2CC[C@@H](C#Cc3ccc(O)c(O)c3)C[C@H]2O1. The van der Waals surface area contributed by atoms with Gasteiger partial charge >= 0.3 is 0 Å². The summed E-state index contributed by atoms with van der Waals surface area (Å²) in [6, 6.07) is 4.63. The minimum absolute atomic E-state index is 0.125. The molecule has 4 heteroatoms. The van der Waals surface area contributed by atoms with Crippen LogP contribution in [0, 0.1) is 17.8 Å². The summed E-state index contributed by atoms with van der Waals surface area (Å²) in [6.07, 6.45) is 3.16. The van der Waals surface area contributed by atoms with Crippen LogP contribution in [0.3, 0.4) is 0 Å². The van der Waals surface area contributed by atoms with Crippen molar-refractivity contribution in [2.24, 2.45) is 5.92 Å². The molecule has 0 radical (unpaired) electrons. The molecule has 2 fully saturated rings. The molecule has 3 atom stereocenters. The number of aromatic hydroxyl groups is 2. The van der Waals surface area contributed by atoms with Crippen molar-refractivity contribution in [2.45, 2.75) is 51.1 Å². The highest BCUT2D eigenvalue weighted by Crippen LogP contribution is 2.38. The van der Waals surface area contributed by atoms with Gasteiger partial charge in [0.25, 0.3) is 0 Å². The Balaban J connectivity index is 1.67. The van der Waals surface area contributed by atoms with Gasteiger partial charge in [0.1, 0.15) is 0 Å². The molecule has 0 unspecified atom stereocenters. The fraction of sp³-hybridized carbons (Fsp3) is 0.529. The van der Waals surface area contributed by atoms with Gasteiger partial charge in [-0.05, 0) is 51.3 Å². The van der Waals surface area contributed by atoms with E-state index in [-0.39, 0.29) is 29.6 Å². The second kappa shape index (κ2) is 5.25. The predicted octanol–water partition coefficient (Wildman–Crippen LogP) is 2.77. The Morgan fingerprint density at radius 3 is 2.62 bits per heavy atom. The lowest BCUT2D eigenvalue weighted by Gasteiger charge is -2.26. The molecule has 1 aromatic carbocycles. The van der Waals surface area contributed by atoms with Crippen LogP contribution in [0.5, 0.6) is 11.5 Å². The highest BCUT2D eigenvalue weighted by molar-refractivity contribution is 5.46. The zero-order valence-corrected chi connectivity index (χ0v) is 12.3. The maximum absolute atomic E-state index is 9.46. The van der Waals surface area contributed by atoms with Crippen LogP contribution in [0.15, 0.2) is 18.2 Å². The molecule has 0 spiro atoms. The summed E-state index contributed by atoms with van der Waals surface area (Å²) in [4.78, 5) is 0. The fourth-order valence-corrected chi connectivity index (χ4v) is 3.03. The summed E-state index contributed by atoms with van der Waals surface area (Å²) in [5.41, 5.74) is 0.705. The Kier molecular flexibility index (Phi) is 3.56. The van der Waals surface area contributed by atoms with E-state index >= 15 is 0 Å². The largest absolute Gasteiger partial charge is 0.504 e. The molecule has 4 nitrogen and oxygen atoms in total. The Hall–Kier alpha value is -1.70. The van der Waals surface area contributed by atoms with Crippen molar-refractivity contribution >= 4 is 0 Å². The molecule has 0 amide bonds. The number of hydrogen-bond acceptors (Lipinski definition) is 4. The van der Waals surface area contributed by atoms with Gasteiger partial charge < -0.3 is 19.7 Å². The van der Waals surface area contributed by atoms with E-state index in [9.17, 15) is 10.2 Å². The average Bonchev–Trinajstić information content (AvgIpc) is 2.73. The van der Waals surface area contributed by atoms with E-state index in [1.54, 1.807) is 6.07 Å². The number of phenols is 2. The van der Waals surface area contributed by atoms with Crippen LogP contribution in [-0.2, 0) is 9.47 Å². The standard InChI is InChI=1S/C17H20O4/c1-17(2)20-15-8-6-12(10-16(15)21-17)4-3-11-5-7-13(18)14(19)9-11/h5,7,9,12,15-16,18-19H,6,8,10H2,1-2H3/t12-,15+,16-/m1/s1. The zero-order chi connectivity index (χ0) is 15.0. The van der Waals surface area contributed by atoms with Crippen molar-refractivity contribution in [3.8, 4) is 23.3 Å². The van der Waals surface area contributed by atoms with Crippen molar-refractivity contribution in [1.82, 2.24) is 0 Å². The molecular weight excluding hydrogens is 268 g/mol. The molecule has 1 saturated heterocycles. The predicted molar refractivity (Wildman–Crippen MR) is 77.8 cm³/mol. The first-order valence-corrected chi connectivity index (χ1v) is 7.32. The highest BCUT2D eigenvalue weighted by atomic mass is 16.7. The minimum Gasteiger partial charge on any atom is -0.504 e. The number of rotatable bonds is 0. The van der Waals surface area contributed by atoms with E-state index in [1.165, 1.54) is 12.1 Å². The molecule has 1 aliphatic carbocycles. The summed E-state index contributed by atoms with van der Waals surface area (Å²) < 4.78 is 11.8. The first kappa shape index (κ1) is 14.2. The quantitative estimate of drug-likeness (QED) is 0.569. The van der Waals surface area contributed by atoms with Gasteiger partial charge in [0, 0.05) is 11.5 Å². The van der Waals surface area contributed by atoms with Gasteiger partial charge in [-0.2, -0.15) is 0 Å². The van der Waals surface area contributed by atoms with E-state index < -0.39 is 5.79 Å². The Labute approximate surface area is 124 Å². The van der Waals surface area contributed by atoms with E-state index in [4.69, 9.17) is 9.47 Å². The van der Waals surface area contributed by atoms with Crippen molar-refractivity contribution < 1.29 is 19.7 Å². The lowest BCUT2D eigenvalue weighted by molar-refractivity contribution is -0.145. The van der Waals surface area contributed by atoms with Crippen LogP contribution in [0.2, 0.25) is 0 Å². The van der Waals surface area contributed by atoms with Crippen molar-refractivity contribution in [3.63, 3.8) is 0 Å². The second-order valence-corrected chi connectivity index (χ2v) is 6.20. The summed E-state index contributed by atoms with van der Waals surface area (Å²) in [6.45, 7) is 3.90. The van der Waals surface area contributed by atoms with Crippen molar-refractivity contribution in [3.05, 3.63) is 23.8 Å². The Morgan fingerprint density at radius 1 is 1.10 bits per heavy atom. The first-order valence-electron chi connectivity index (χ1n) is 7.32. The maximum atomic E-state index is 9.46. The first-order chi connectivity index (χ1) is 9.93. The topological polar surface area (TPSA) is 58.9 Å². The molecular formula is C17H20O4. The molecule has 1 heterocycles. The molecule has 0 bridgehead atoms.